The summed E-state index contributed by atoms with van der Waals surface area (Å²) < 4.78 is 1.87. The zero-order chi connectivity index (χ0) is 16.1. The van der Waals surface area contributed by atoms with Crippen LogP contribution in [0, 0.1) is 11.3 Å². The smallest absolute Gasteiger partial charge is 0.0991 e. The van der Waals surface area contributed by atoms with Crippen molar-refractivity contribution >= 4 is 10.9 Å². The third-order valence-electron chi connectivity index (χ3n) is 3.45. The molecule has 3 aromatic rings. The number of fused-ring (bicyclic) bond motifs is 1. The van der Waals surface area contributed by atoms with Gasteiger partial charge in [-0.2, -0.15) is 10.4 Å². The van der Waals surface area contributed by atoms with Gasteiger partial charge in [0.25, 0.3) is 0 Å². The first kappa shape index (κ1) is 15.8. The van der Waals surface area contributed by atoms with Crippen LogP contribution in [0.25, 0.3) is 16.6 Å². The summed E-state index contributed by atoms with van der Waals surface area (Å²) in [6.45, 7) is 8.35. The minimum atomic E-state index is 0.447. The van der Waals surface area contributed by atoms with Gasteiger partial charge in [0.2, 0.25) is 0 Å². The molecule has 0 unspecified atom stereocenters. The Morgan fingerprint density at radius 3 is 2.32 bits per heavy atom. The van der Waals surface area contributed by atoms with Crippen molar-refractivity contribution in [1.29, 1.82) is 5.26 Å². The fraction of sp³-hybridized carbons (Fsp3) is 0.263. The van der Waals surface area contributed by atoms with E-state index in [9.17, 15) is 0 Å². The summed E-state index contributed by atoms with van der Waals surface area (Å²) in [5, 5.41) is 14.7. The van der Waals surface area contributed by atoms with Gasteiger partial charge in [0.15, 0.2) is 0 Å². The molecule has 1 aromatic heterocycles. The van der Waals surface area contributed by atoms with Crippen LogP contribution in [-0.4, -0.2) is 9.78 Å². The largest absolute Gasteiger partial charge is 0.240 e. The predicted octanol–water partition coefficient (Wildman–Crippen LogP) is 5.05. The molecule has 0 aliphatic carbocycles. The van der Waals surface area contributed by atoms with E-state index < -0.39 is 0 Å². The number of hydrogen-bond donors (Lipinski definition) is 0. The van der Waals surface area contributed by atoms with E-state index in [0.717, 1.165) is 16.6 Å². The minimum Gasteiger partial charge on any atom is -0.240 e. The van der Waals surface area contributed by atoms with Crippen LogP contribution < -0.4 is 0 Å². The molecular formula is C19H21N3. The summed E-state index contributed by atoms with van der Waals surface area (Å²) in [6.07, 6.45) is 2.03. The van der Waals surface area contributed by atoms with Gasteiger partial charge < -0.3 is 0 Å². The molecule has 3 rings (SSSR count). The molecule has 0 aliphatic heterocycles. The van der Waals surface area contributed by atoms with E-state index in [-0.39, 0.29) is 0 Å². The van der Waals surface area contributed by atoms with Crippen LogP contribution in [0.2, 0.25) is 0 Å². The molecule has 0 saturated carbocycles. The molecule has 3 nitrogen and oxygen atoms in total. The van der Waals surface area contributed by atoms with Crippen molar-refractivity contribution < 1.29 is 0 Å². The van der Waals surface area contributed by atoms with Crippen molar-refractivity contribution in [3.8, 4) is 11.8 Å². The molecule has 0 spiro atoms. The zero-order valence-corrected chi connectivity index (χ0v) is 13.5. The van der Waals surface area contributed by atoms with Crippen molar-refractivity contribution in [2.75, 3.05) is 0 Å². The molecule has 0 radical (unpaired) electrons. The van der Waals surface area contributed by atoms with Crippen LogP contribution in [-0.2, 0) is 0 Å². The SMILES string of the molecule is CC.CC(C)c1cccc2cn(-c3ccc(C#N)cc3)nc12. The fourth-order valence-electron chi connectivity index (χ4n) is 2.35. The lowest BCUT2D eigenvalue weighted by Crippen LogP contribution is -1.95. The Morgan fingerprint density at radius 1 is 1.05 bits per heavy atom. The van der Waals surface area contributed by atoms with E-state index in [2.05, 4.69) is 38.1 Å². The maximum Gasteiger partial charge on any atom is 0.0991 e. The molecule has 2 aromatic carbocycles. The van der Waals surface area contributed by atoms with E-state index in [0.29, 0.717) is 11.5 Å². The molecule has 112 valence electrons. The first-order chi connectivity index (χ1) is 10.7. The standard InChI is InChI=1S/C17H15N3.C2H6/c1-12(2)16-5-3-4-14-11-20(19-17(14)16)15-8-6-13(10-18)7-9-15;1-2/h3-9,11-12H,1-2H3;1-2H3. The van der Waals surface area contributed by atoms with Gasteiger partial charge >= 0.3 is 0 Å². The van der Waals surface area contributed by atoms with Crippen molar-refractivity contribution in [2.24, 2.45) is 0 Å². The van der Waals surface area contributed by atoms with Crippen LogP contribution in [0.4, 0.5) is 0 Å². The second-order valence-corrected chi connectivity index (χ2v) is 5.17. The van der Waals surface area contributed by atoms with Crippen LogP contribution in [0.5, 0.6) is 0 Å². The average Bonchev–Trinajstić information content (AvgIpc) is 3.00. The topological polar surface area (TPSA) is 41.6 Å². The van der Waals surface area contributed by atoms with E-state index in [1.807, 2.05) is 49.0 Å². The van der Waals surface area contributed by atoms with Gasteiger partial charge in [-0.3, -0.25) is 0 Å². The summed E-state index contributed by atoms with van der Waals surface area (Å²) >= 11 is 0. The van der Waals surface area contributed by atoms with Gasteiger partial charge in [-0.25, -0.2) is 4.68 Å². The van der Waals surface area contributed by atoms with E-state index >= 15 is 0 Å². The van der Waals surface area contributed by atoms with Crippen molar-refractivity contribution in [3.63, 3.8) is 0 Å². The van der Waals surface area contributed by atoms with E-state index in [1.54, 1.807) is 0 Å². The first-order valence-corrected chi connectivity index (χ1v) is 7.68. The zero-order valence-electron chi connectivity index (χ0n) is 13.5. The number of aromatic nitrogens is 2. The first-order valence-electron chi connectivity index (χ1n) is 7.68. The Bertz CT molecular complexity index is 790. The third-order valence-corrected chi connectivity index (χ3v) is 3.45. The Morgan fingerprint density at radius 2 is 1.73 bits per heavy atom. The molecule has 0 atom stereocenters. The lowest BCUT2D eigenvalue weighted by atomic mass is 10.0. The monoisotopic (exact) mass is 291 g/mol. The minimum absolute atomic E-state index is 0.447. The highest BCUT2D eigenvalue weighted by atomic mass is 15.3. The maximum absolute atomic E-state index is 8.84. The lowest BCUT2D eigenvalue weighted by Gasteiger charge is -2.05. The van der Waals surface area contributed by atoms with Crippen LogP contribution in [0.3, 0.4) is 0 Å². The van der Waals surface area contributed by atoms with Crippen LogP contribution in [0.15, 0.2) is 48.7 Å². The van der Waals surface area contributed by atoms with E-state index in [4.69, 9.17) is 10.4 Å². The van der Waals surface area contributed by atoms with Gasteiger partial charge in [0, 0.05) is 11.6 Å². The summed E-state index contributed by atoms with van der Waals surface area (Å²) in [6, 6.07) is 15.9. The number of benzene rings is 2. The van der Waals surface area contributed by atoms with Crippen LogP contribution in [0.1, 0.15) is 44.7 Å². The highest BCUT2D eigenvalue weighted by Gasteiger charge is 2.09. The average molecular weight is 291 g/mol. The second kappa shape index (κ2) is 6.91. The van der Waals surface area contributed by atoms with Crippen LogP contribution >= 0.6 is 0 Å². The summed E-state index contributed by atoms with van der Waals surface area (Å²) in [7, 11) is 0. The van der Waals surface area contributed by atoms with Gasteiger partial charge in [-0.05, 0) is 35.7 Å². The Labute approximate surface area is 131 Å². The Balaban J connectivity index is 0.000000847. The molecule has 0 saturated heterocycles. The van der Waals surface area contributed by atoms with Gasteiger partial charge in [-0.15, -0.1) is 0 Å². The summed E-state index contributed by atoms with van der Waals surface area (Å²) in [4.78, 5) is 0. The molecule has 3 heteroatoms. The molecule has 0 bridgehead atoms. The normalized spacial score (nSPS) is 10.2. The molecule has 22 heavy (non-hydrogen) atoms. The predicted molar refractivity (Wildman–Crippen MR) is 91.2 cm³/mol. The van der Waals surface area contributed by atoms with Crippen molar-refractivity contribution in [1.82, 2.24) is 9.78 Å². The number of hydrogen-bond acceptors (Lipinski definition) is 2. The Hall–Kier alpha value is -2.60. The Kier molecular flexibility index (Phi) is 4.95. The fourth-order valence-corrected chi connectivity index (χ4v) is 2.35. The summed E-state index contributed by atoms with van der Waals surface area (Å²) in [5.74, 6) is 0.447. The lowest BCUT2D eigenvalue weighted by molar-refractivity contribution is 0.854. The van der Waals surface area contributed by atoms with Gasteiger partial charge in [-0.1, -0.05) is 45.9 Å². The quantitative estimate of drug-likeness (QED) is 0.663. The summed E-state index contributed by atoms with van der Waals surface area (Å²) in [5.41, 5.74) is 3.94. The molecule has 0 amide bonds. The molecule has 0 aliphatic rings. The molecule has 1 heterocycles. The highest BCUT2D eigenvalue weighted by molar-refractivity contribution is 5.82. The molecule has 0 N–H and O–H groups in total. The maximum atomic E-state index is 8.84. The van der Waals surface area contributed by atoms with E-state index in [1.165, 1.54) is 5.56 Å². The van der Waals surface area contributed by atoms with Gasteiger partial charge in [0.05, 0.1) is 22.8 Å². The molecular weight excluding hydrogens is 270 g/mol. The second-order valence-electron chi connectivity index (χ2n) is 5.17. The highest BCUT2D eigenvalue weighted by Crippen LogP contribution is 2.25. The number of rotatable bonds is 2. The third kappa shape index (κ3) is 3.01. The van der Waals surface area contributed by atoms with Crippen molar-refractivity contribution in [2.45, 2.75) is 33.6 Å². The number of nitriles is 1. The van der Waals surface area contributed by atoms with Gasteiger partial charge in [0.1, 0.15) is 0 Å². The number of nitrogens with zero attached hydrogens (tertiary/aromatic N) is 3. The molecule has 0 fully saturated rings. The van der Waals surface area contributed by atoms with Crippen molar-refractivity contribution in [3.05, 3.63) is 59.8 Å².